The first-order chi connectivity index (χ1) is 20.8. The Labute approximate surface area is 253 Å². The largest absolute Gasteiger partial charge is 0.496 e. The number of carboxylic acids is 1. The van der Waals surface area contributed by atoms with Crippen molar-refractivity contribution in [1.29, 1.82) is 0 Å². The highest BCUT2D eigenvalue weighted by molar-refractivity contribution is 5.89. The lowest BCUT2D eigenvalue weighted by atomic mass is 9.72. The van der Waals surface area contributed by atoms with Crippen molar-refractivity contribution in [3.05, 3.63) is 89.5 Å². The van der Waals surface area contributed by atoms with Crippen LogP contribution in [0.15, 0.2) is 72.8 Å². The van der Waals surface area contributed by atoms with E-state index in [9.17, 15) is 27.9 Å². The lowest BCUT2D eigenvalue weighted by molar-refractivity contribution is -0.156. The summed E-state index contributed by atoms with van der Waals surface area (Å²) in [7, 11) is 1.37. The van der Waals surface area contributed by atoms with Gasteiger partial charge in [-0.1, -0.05) is 63.2 Å². The molecular formula is C33H35F3N2O6. The van der Waals surface area contributed by atoms with Crippen molar-refractivity contribution in [3.63, 3.8) is 0 Å². The number of hydrogen-bond donors (Lipinski definition) is 2. The molecule has 44 heavy (non-hydrogen) atoms. The van der Waals surface area contributed by atoms with Gasteiger partial charge in [-0.3, -0.25) is 4.79 Å². The predicted octanol–water partition coefficient (Wildman–Crippen LogP) is 5.71. The Morgan fingerprint density at radius 2 is 1.66 bits per heavy atom. The van der Waals surface area contributed by atoms with E-state index in [0.29, 0.717) is 17.1 Å². The third-order valence-corrected chi connectivity index (χ3v) is 8.24. The van der Waals surface area contributed by atoms with E-state index in [-0.39, 0.29) is 24.5 Å². The summed E-state index contributed by atoms with van der Waals surface area (Å²) in [6.45, 7) is 5.48. The van der Waals surface area contributed by atoms with Gasteiger partial charge in [-0.05, 0) is 41.3 Å². The number of likely N-dealkylation sites (tertiary alicyclic amines) is 1. The van der Waals surface area contributed by atoms with E-state index in [1.54, 1.807) is 36.4 Å². The molecule has 234 valence electrons. The van der Waals surface area contributed by atoms with E-state index in [1.165, 1.54) is 18.1 Å². The number of aliphatic carboxylic acids is 1. The number of rotatable bonds is 7. The lowest BCUT2D eigenvalue weighted by Gasteiger charge is -2.36. The van der Waals surface area contributed by atoms with Crippen molar-refractivity contribution in [2.45, 2.75) is 57.7 Å². The zero-order valence-electron chi connectivity index (χ0n) is 24.8. The number of carbonyl (C=O) groups is 2. The topological polar surface area (TPSA) is 97.3 Å². The van der Waals surface area contributed by atoms with E-state index >= 15 is 0 Å². The van der Waals surface area contributed by atoms with Crippen LogP contribution in [0.25, 0.3) is 0 Å². The van der Waals surface area contributed by atoms with E-state index in [0.717, 1.165) is 12.1 Å². The van der Waals surface area contributed by atoms with Crippen LogP contribution in [0.5, 0.6) is 17.2 Å². The smallest absolute Gasteiger partial charge is 0.416 e. The van der Waals surface area contributed by atoms with Gasteiger partial charge in [-0.15, -0.1) is 0 Å². The van der Waals surface area contributed by atoms with Gasteiger partial charge in [0.15, 0.2) is 11.5 Å². The molecule has 0 spiro atoms. The molecule has 0 saturated carbocycles. The van der Waals surface area contributed by atoms with Crippen LogP contribution in [-0.4, -0.2) is 53.8 Å². The van der Waals surface area contributed by atoms with Crippen LogP contribution in [0.1, 0.15) is 43.5 Å². The summed E-state index contributed by atoms with van der Waals surface area (Å²) >= 11 is 0. The number of ether oxygens (including phenoxy) is 3. The van der Waals surface area contributed by atoms with Gasteiger partial charge in [0, 0.05) is 24.1 Å². The second-order valence-corrected chi connectivity index (χ2v) is 12.1. The molecule has 2 aliphatic rings. The highest BCUT2D eigenvalue weighted by atomic mass is 19.4. The number of halogens is 3. The number of hydrogen-bond acceptors (Lipinski definition) is 6. The highest BCUT2D eigenvalue weighted by Crippen LogP contribution is 2.49. The van der Waals surface area contributed by atoms with Gasteiger partial charge >= 0.3 is 12.1 Å². The molecule has 1 saturated heterocycles. The summed E-state index contributed by atoms with van der Waals surface area (Å²) in [4.78, 5) is 28.8. The van der Waals surface area contributed by atoms with E-state index < -0.39 is 59.2 Å². The minimum Gasteiger partial charge on any atom is -0.496 e. The third kappa shape index (κ3) is 6.06. The molecule has 0 radical (unpaired) electrons. The number of alkyl halides is 3. The molecule has 2 aliphatic heterocycles. The Bertz CT molecular complexity index is 1510. The molecule has 0 aromatic heterocycles. The van der Waals surface area contributed by atoms with Crippen molar-refractivity contribution >= 4 is 11.9 Å². The normalized spacial score (nSPS) is 23.3. The van der Waals surface area contributed by atoms with Gasteiger partial charge in [0.05, 0.1) is 18.7 Å². The summed E-state index contributed by atoms with van der Waals surface area (Å²) in [6, 6.07) is 16.4. The molecule has 0 aliphatic carbocycles. The fraction of sp³-hybridized carbons (Fsp3) is 0.394. The fourth-order valence-corrected chi connectivity index (χ4v) is 6.36. The number of nitrogens with zero attached hydrogens (tertiary/aromatic N) is 1. The summed E-state index contributed by atoms with van der Waals surface area (Å²) < 4.78 is 58.0. The van der Waals surface area contributed by atoms with E-state index in [1.807, 2.05) is 39.0 Å². The molecule has 1 fully saturated rings. The van der Waals surface area contributed by atoms with Gasteiger partial charge in [-0.2, -0.15) is 13.2 Å². The van der Waals surface area contributed by atoms with Gasteiger partial charge in [0.25, 0.3) is 5.91 Å². The summed E-state index contributed by atoms with van der Waals surface area (Å²) in [6.07, 6.45) is -5.67. The SMILES string of the molecule is COc1ccc(C(F)(F)F)cc1CN[C@H]1[C@H](C(C)(C)C)[C@@H](C(=O)O)N(C(=O)C2COc3ccccc3O2)[C@H]1c1ccccc1. The minimum absolute atomic E-state index is 0.0710. The van der Waals surface area contributed by atoms with Gasteiger partial charge in [0.1, 0.15) is 18.4 Å². The van der Waals surface area contributed by atoms with Gasteiger partial charge in [-0.25, -0.2) is 4.79 Å². The minimum atomic E-state index is -4.56. The second-order valence-electron chi connectivity index (χ2n) is 12.1. The third-order valence-electron chi connectivity index (χ3n) is 8.24. The highest BCUT2D eigenvalue weighted by Gasteiger charge is 2.59. The molecule has 5 atom stereocenters. The Kier molecular flexibility index (Phi) is 8.53. The van der Waals surface area contributed by atoms with E-state index in [2.05, 4.69) is 5.32 Å². The number of para-hydroxylation sites is 2. The summed E-state index contributed by atoms with van der Waals surface area (Å²) in [5, 5.41) is 14.0. The Balaban J connectivity index is 1.58. The fourth-order valence-electron chi connectivity index (χ4n) is 6.36. The number of methoxy groups -OCH3 is 1. The van der Waals surface area contributed by atoms with Crippen LogP contribution >= 0.6 is 0 Å². The van der Waals surface area contributed by atoms with Gasteiger partial charge in [0.2, 0.25) is 6.10 Å². The molecule has 3 aromatic rings. The first-order valence-corrected chi connectivity index (χ1v) is 14.3. The molecule has 3 aromatic carbocycles. The maximum atomic E-state index is 14.3. The number of fused-ring (bicyclic) bond motifs is 1. The average Bonchev–Trinajstić information content (AvgIpc) is 3.35. The van der Waals surface area contributed by atoms with Gasteiger partial charge < -0.3 is 29.5 Å². The van der Waals surface area contributed by atoms with Crippen molar-refractivity contribution in [1.82, 2.24) is 10.2 Å². The van der Waals surface area contributed by atoms with Crippen LogP contribution in [0, 0.1) is 11.3 Å². The molecule has 5 rings (SSSR count). The maximum Gasteiger partial charge on any atom is 0.416 e. The zero-order chi connectivity index (χ0) is 31.8. The Hall–Kier alpha value is -4.25. The van der Waals surface area contributed by atoms with Crippen LogP contribution in [0.4, 0.5) is 13.2 Å². The quantitative estimate of drug-likeness (QED) is 0.353. The van der Waals surface area contributed by atoms with Crippen molar-refractivity contribution in [3.8, 4) is 17.2 Å². The van der Waals surface area contributed by atoms with Crippen LogP contribution in [0.3, 0.4) is 0 Å². The monoisotopic (exact) mass is 612 g/mol. The number of nitrogens with one attached hydrogen (secondary N) is 1. The standard InChI is InChI=1S/C33H35F3N2O6/c1-32(2,3)26-27(37-17-20-16-21(33(34,35)36)14-15-22(20)42-4)28(19-10-6-5-7-11-19)38(29(26)31(40)41)30(39)25-18-43-23-12-8-9-13-24(23)44-25/h5-16,25-29,37H,17-18H2,1-4H3,(H,40,41)/t25?,26-,27-,28-,29-/m0/s1. The Morgan fingerprint density at radius 1 is 1.00 bits per heavy atom. The number of carboxylic acid groups (broad SMARTS) is 1. The zero-order valence-corrected chi connectivity index (χ0v) is 24.8. The average molecular weight is 613 g/mol. The second kappa shape index (κ2) is 12.0. The molecule has 1 amide bonds. The number of carbonyl (C=O) groups excluding carboxylic acids is 1. The number of amides is 1. The molecule has 2 heterocycles. The summed E-state index contributed by atoms with van der Waals surface area (Å²) in [5.41, 5.74) is -0.566. The summed E-state index contributed by atoms with van der Waals surface area (Å²) in [5.74, 6) is -1.31. The van der Waals surface area contributed by atoms with Crippen molar-refractivity contribution in [2.75, 3.05) is 13.7 Å². The predicted molar refractivity (Wildman–Crippen MR) is 155 cm³/mol. The number of benzene rings is 3. The first kappa shape index (κ1) is 31.2. The van der Waals surface area contributed by atoms with Crippen LogP contribution < -0.4 is 19.5 Å². The maximum absolute atomic E-state index is 14.3. The molecule has 11 heteroatoms. The molecule has 1 unspecified atom stereocenters. The van der Waals surface area contributed by atoms with E-state index in [4.69, 9.17) is 14.2 Å². The van der Waals surface area contributed by atoms with Crippen molar-refractivity contribution < 1.29 is 42.1 Å². The van der Waals surface area contributed by atoms with Crippen molar-refractivity contribution in [2.24, 2.45) is 11.3 Å². The van der Waals surface area contributed by atoms with Crippen LogP contribution in [0.2, 0.25) is 0 Å². The molecular weight excluding hydrogens is 577 g/mol. The Morgan fingerprint density at radius 3 is 2.27 bits per heavy atom. The molecule has 2 N–H and O–H groups in total. The first-order valence-electron chi connectivity index (χ1n) is 14.3. The molecule has 8 nitrogen and oxygen atoms in total. The lowest BCUT2D eigenvalue weighted by Crippen LogP contribution is -2.53. The van der Waals surface area contributed by atoms with Crippen LogP contribution in [-0.2, 0) is 22.3 Å². The molecule has 0 bridgehead atoms.